The van der Waals surface area contributed by atoms with Crippen molar-refractivity contribution in [3.8, 4) is 0 Å². The number of aliphatic imine (C=N–C) groups is 1. The fourth-order valence-electron chi connectivity index (χ4n) is 2.00. The topological polar surface area (TPSA) is 37.3 Å². The van der Waals surface area contributed by atoms with Crippen molar-refractivity contribution in [1.82, 2.24) is 4.98 Å². The highest BCUT2D eigenvalue weighted by molar-refractivity contribution is 8.14. The molecule has 0 fully saturated rings. The summed E-state index contributed by atoms with van der Waals surface area (Å²) in [6.07, 6.45) is 1.78. The van der Waals surface area contributed by atoms with Crippen LogP contribution in [0.15, 0.2) is 35.5 Å². The summed E-state index contributed by atoms with van der Waals surface area (Å²) in [6, 6.07) is 7.71. The maximum absolute atomic E-state index is 6.19. The molecule has 0 amide bonds. The number of hydrogen-bond acceptors (Lipinski definition) is 4. The van der Waals surface area contributed by atoms with E-state index in [0.717, 1.165) is 32.5 Å². The van der Waals surface area contributed by atoms with E-state index in [9.17, 15) is 0 Å². The highest BCUT2D eigenvalue weighted by atomic mass is 35.5. The van der Waals surface area contributed by atoms with Gasteiger partial charge >= 0.3 is 0 Å². The van der Waals surface area contributed by atoms with Gasteiger partial charge in [-0.1, -0.05) is 23.4 Å². The second-order valence-corrected chi connectivity index (χ2v) is 6.51. The molecule has 0 bridgehead atoms. The summed E-state index contributed by atoms with van der Waals surface area (Å²) < 4.78 is 0. The first kappa shape index (κ1) is 12.8. The molecule has 19 heavy (non-hydrogen) atoms. The minimum atomic E-state index is 0.00264. The number of nitrogens with one attached hydrogen (secondary N) is 1. The van der Waals surface area contributed by atoms with Gasteiger partial charge in [0.2, 0.25) is 0 Å². The summed E-state index contributed by atoms with van der Waals surface area (Å²) in [6.45, 7) is 4.26. The molecule has 2 heterocycles. The number of fused-ring (bicyclic) bond motifs is 1. The Morgan fingerprint density at radius 2 is 2.16 bits per heavy atom. The normalized spacial score (nSPS) is 17.5. The van der Waals surface area contributed by atoms with Gasteiger partial charge in [0.15, 0.2) is 5.17 Å². The fourth-order valence-corrected chi connectivity index (χ4v) is 3.27. The first-order valence-electron chi connectivity index (χ1n) is 6.08. The molecule has 0 unspecified atom stereocenters. The van der Waals surface area contributed by atoms with E-state index >= 15 is 0 Å². The first-order valence-corrected chi connectivity index (χ1v) is 7.44. The van der Waals surface area contributed by atoms with Crippen molar-refractivity contribution in [3.63, 3.8) is 0 Å². The molecular weight excluding hydrogens is 278 g/mol. The Hall–Kier alpha value is -1.26. The van der Waals surface area contributed by atoms with Crippen LogP contribution in [-0.4, -0.2) is 21.4 Å². The van der Waals surface area contributed by atoms with Crippen LogP contribution in [0.5, 0.6) is 0 Å². The van der Waals surface area contributed by atoms with Crippen LogP contribution in [0.2, 0.25) is 5.02 Å². The van der Waals surface area contributed by atoms with Crippen LogP contribution >= 0.6 is 23.4 Å². The molecule has 0 atom stereocenters. The van der Waals surface area contributed by atoms with Crippen LogP contribution in [-0.2, 0) is 0 Å². The molecule has 5 heteroatoms. The van der Waals surface area contributed by atoms with Crippen molar-refractivity contribution in [2.75, 3.05) is 11.1 Å². The third-order valence-corrected chi connectivity index (χ3v) is 4.57. The number of hydrogen-bond donors (Lipinski definition) is 1. The van der Waals surface area contributed by atoms with E-state index in [1.165, 1.54) is 0 Å². The van der Waals surface area contributed by atoms with Crippen LogP contribution in [0.1, 0.15) is 13.8 Å². The lowest BCUT2D eigenvalue weighted by Crippen LogP contribution is -2.15. The molecule has 0 saturated carbocycles. The molecule has 2 aromatic rings. The average molecular weight is 292 g/mol. The molecule has 98 valence electrons. The zero-order chi connectivity index (χ0) is 13.5. The molecule has 0 spiro atoms. The molecule has 1 aliphatic rings. The summed E-state index contributed by atoms with van der Waals surface area (Å²) in [7, 11) is 0. The lowest BCUT2D eigenvalue weighted by atomic mass is 10.1. The maximum atomic E-state index is 6.19. The Kier molecular flexibility index (Phi) is 3.15. The van der Waals surface area contributed by atoms with Gasteiger partial charge < -0.3 is 5.32 Å². The van der Waals surface area contributed by atoms with Gasteiger partial charge in [0.25, 0.3) is 0 Å². The van der Waals surface area contributed by atoms with Gasteiger partial charge in [0.05, 0.1) is 21.8 Å². The molecule has 3 nitrogen and oxygen atoms in total. The van der Waals surface area contributed by atoms with E-state index in [2.05, 4.69) is 29.1 Å². The van der Waals surface area contributed by atoms with Crippen LogP contribution in [0.4, 0.5) is 5.69 Å². The van der Waals surface area contributed by atoms with Gasteiger partial charge in [-0.25, -0.2) is 0 Å². The van der Waals surface area contributed by atoms with Gasteiger partial charge in [0.1, 0.15) is 0 Å². The second-order valence-electron chi connectivity index (χ2n) is 5.14. The molecule has 0 radical (unpaired) electrons. The van der Waals surface area contributed by atoms with Crippen molar-refractivity contribution < 1.29 is 0 Å². The number of thioether (sulfide) groups is 1. The Morgan fingerprint density at radius 3 is 2.89 bits per heavy atom. The second kappa shape index (κ2) is 4.69. The quantitative estimate of drug-likeness (QED) is 0.856. The number of aromatic nitrogens is 1. The zero-order valence-electron chi connectivity index (χ0n) is 10.8. The van der Waals surface area contributed by atoms with E-state index in [1.807, 2.05) is 24.3 Å². The third-order valence-electron chi connectivity index (χ3n) is 2.92. The molecular formula is C14H14ClN3S. The summed E-state index contributed by atoms with van der Waals surface area (Å²) in [5.74, 6) is 0.994. The molecule has 1 aromatic carbocycles. The van der Waals surface area contributed by atoms with Crippen molar-refractivity contribution >= 4 is 45.1 Å². The van der Waals surface area contributed by atoms with Crippen LogP contribution in [0.25, 0.3) is 10.9 Å². The number of anilines is 1. The van der Waals surface area contributed by atoms with E-state index in [0.29, 0.717) is 0 Å². The molecule has 0 aliphatic carbocycles. The first-order chi connectivity index (χ1) is 9.05. The Balaban J connectivity index is 2.01. The minimum absolute atomic E-state index is 0.00264. The number of nitrogens with zero attached hydrogens (tertiary/aromatic N) is 2. The highest BCUT2D eigenvalue weighted by Crippen LogP contribution is 2.31. The van der Waals surface area contributed by atoms with Crippen molar-refractivity contribution in [3.05, 3.63) is 35.5 Å². The van der Waals surface area contributed by atoms with Crippen molar-refractivity contribution in [2.24, 2.45) is 4.99 Å². The average Bonchev–Trinajstić information content (AvgIpc) is 2.73. The van der Waals surface area contributed by atoms with E-state index in [1.54, 1.807) is 18.0 Å². The highest BCUT2D eigenvalue weighted by Gasteiger charge is 2.25. The molecule has 1 N–H and O–H groups in total. The minimum Gasteiger partial charge on any atom is -0.333 e. The molecule has 1 aliphatic heterocycles. The van der Waals surface area contributed by atoms with Crippen molar-refractivity contribution in [2.45, 2.75) is 19.4 Å². The number of pyridine rings is 1. The predicted molar refractivity (Wildman–Crippen MR) is 84.3 cm³/mol. The largest absolute Gasteiger partial charge is 0.333 e. The van der Waals surface area contributed by atoms with Crippen LogP contribution < -0.4 is 5.32 Å². The maximum Gasteiger partial charge on any atom is 0.161 e. The lowest BCUT2D eigenvalue weighted by molar-refractivity contribution is 0.605. The number of rotatable bonds is 1. The summed E-state index contributed by atoms with van der Waals surface area (Å²) >= 11 is 7.92. The number of amidine groups is 1. The van der Waals surface area contributed by atoms with Crippen LogP contribution in [0.3, 0.4) is 0 Å². The summed E-state index contributed by atoms with van der Waals surface area (Å²) in [5, 5.41) is 5.98. The van der Waals surface area contributed by atoms with Gasteiger partial charge in [-0.3, -0.25) is 9.98 Å². The van der Waals surface area contributed by atoms with E-state index < -0.39 is 0 Å². The SMILES string of the molecule is CC1(C)CSC(Nc2ccc(Cl)c3cccnc23)=N1. The Labute approximate surface area is 121 Å². The zero-order valence-corrected chi connectivity index (χ0v) is 12.3. The van der Waals surface area contributed by atoms with E-state index in [-0.39, 0.29) is 5.54 Å². The summed E-state index contributed by atoms with van der Waals surface area (Å²) in [4.78, 5) is 9.06. The van der Waals surface area contributed by atoms with Gasteiger partial charge in [0, 0.05) is 17.3 Å². The van der Waals surface area contributed by atoms with Gasteiger partial charge in [-0.15, -0.1) is 0 Å². The molecule has 0 saturated heterocycles. The third kappa shape index (κ3) is 2.55. The smallest absolute Gasteiger partial charge is 0.161 e. The fraction of sp³-hybridized carbons (Fsp3) is 0.286. The van der Waals surface area contributed by atoms with Crippen molar-refractivity contribution in [1.29, 1.82) is 0 Å². The Bertz CT molecular complexity index is 667. The monoisotopic (exact) mass is 291 g/mol. The molecule has 3 rings (SSSR count). The predicted octanol–water partition coefficient (Wildman–Crippen LogP) is 4.18. The Morgan fingerprint density at radius 1 is 1.32 bits per heavy atom. The van der Waals surface area contributed by atoms with Crippen LogP contribution in [0, 0.1) is 0 Å². The molecule has 1 aromatic heterocycles. The van der Waals surface area contributed by atoms with E-state index in [4.69, 9.17) is 11.6 Å². The number of benzene rings is 1. The standard InChI is InChI=1S/C14H14ClN3S/c1-14(2)8-19-13(18-14)17-11-6-5-10(15)9-4-3-7-16-12(9)11/h3-7H,8H2,1-2H3,(H,17,18). The summed E-state index contributed by atoms with van der Waals surface area (Å²) in [5.41, 5.74) is 1.83. The van der Waals surface area contributed by atoms with Gasteiger partial charge in [-0.05, 0) is 38.1 Å². The van der Waals surface area contributed by atoms with Gasteiger partial charge in [-0.2, -0.15) is 0 Å². The number of halogens is 1. The lowest BCUT2D eigenvalue weighted by Gasteiger charge is -2.10.